The van der Waals surface area contributed by atoms with Crippen molar-refractivity contribution in [3.63, 3.8) is 0 Å². The minimum Gasteiger partial charge on any atom is -0.487 e. The van der Waals surface area contributed by atoms with Gasteiger partial charge < -0.3 is 9.47 Å². The molecule has 32 heavy (non-hydrogen) atoms. The molecule has 0 atom stereocenters. The van der Waals surface area contributed by atoms with Gasteiger partial charge in [0.15, 0.2) is 5.82 Å². The number of para-hydroxylation sites is 1. The molecule has 2 heterocycles. The van der Waals surface area contributed by atoms with Gasteiger partial charge in [0.1, 0.15) is 24.7 Å². The molecule has 0 aliphatic carbocycles. The average molecular weight is 423 g/mol. The zero-order valence-electron chi connectivity index (χ0n) is 17.3. The molecule has 0 unspecified atom stereocenters. The minimum atomic E-state index is 0.300. The van der Waals surface area contributed by atoms with Crippen molar-refractivity contribution in [3.8, 4) is 11.5 Å². The Balaban J connectivity index is 1.18. The SMILES string of the molecule is c1cc(Cc2ccc(OCc3ccc4ccccc4n3)cc2)cc(OCc2nnn[nH]2)c1. The van der Waals surface area contributed by atoms with Crippen LogP contribution < -0.4 is 9.47 Å². The summed E-state index contributed by atoms with van der Waals surface area (Å²) in [7, 11) is 0. The lowest BCUT2D eigenvalue weighted by Crippen LogP contribution is -1.99. The maximum Gasteiger partial charge on any atom is 0.186 e. The number of rotatable bonds is 8. The topological polar surface area (TPSA) is 85.8 Å². The summed E-state index contributed by atoms with van der Waals surface area (Å²) in [6.07, 6.45) is 0.799. The van der Waals surface area contributed by atoms with E-state index in [2.05, 4.69) is 55.9 Å². The van der Waals surface area contributed by atoms with Gasteiger partial charge in [-0.25, -0.2) is 10.1 Å². The van der Waals surface area contributed by atoms with Crippen molar-refractivity contribution in [2.75, 3.05) is 0 Å². The molecule has 2 aromatic heterocycles. The third kappa shape index (κ3) is 4.89. The Hall–Kier alpha value is -4.26. The number of aromatic amines is 1. The first kappa shape index (κ1) is 19.7. The molecule has 0 aliphatic heterocycles. The van der Waals surface area contributed by atoms with Crippen molar-refractivity contribution in [1.29, 1.82) is 0 Å². The van der Waals surface area contributed by atoms with Crippen LogP contribution in [0, 0.1) is 0 Å². The Morgan fingerprint density at radius 1 is 0.719 bits per heavy atom. The van der Waals surface area contributed by atoms with Crippen LogP contribution in [0.5, 0.6) is 11.5 Å². The number of tetrazole rings is 1. The first-order valence-electron chi connectivity index (χ1n) is 10.3. The van der Waals surface area contributed by atoms with Crippen molar-refractivity contribution in [1.82, 2.24) is 25.6 Å². The maximum atomic E-state index is 5.93. The third-order valence-corrected chi connectivity index (χ3v) is 5.04. The predicted octanol–water partition coefficient (Wildman–Crippen LogP) is 4.50. The van der Waals surface area contributed by atoms with Crippen LogP contribution in [0.2, 0.25) is 0 Å². The Kier molecular flexibility index (Phi) is 5.70. The molecule has 0 saturated carbocycles. The van der Waals surface area contributed by atoms with Crippen LogP contribution in [0.3, 0.4) is 0 Å². The number of hydrogen-bond acceptors (Lipinski definition) is 6. The summed E-state index contributed by atoms with van der Waals surface area (Å²) >= 11 is 0. The quantitative estimate of drug-likeness (QED) is 0.396. The van der Waals surface area contributed by atoms with Crippen LogP contribution in [0.15, 0.2) is 84.9 Å². The van der Waals surface area contributed by atoms with Crippen LogP contribution in [-0.4, -0.2) is 25.6 Å². The first-order valence-corrected chi connectivity index (χ1v) is 10.3. The number of benzene rings is 3. The molecule has 3 aromatic carbocycles. The predicted molar refractivity (Wildman–Crippen MR) is 120 cm³/mol. The highest BCUT2D eigenvalue weighted by Crippen LogP contribution is 2.20. The number of hydrogen-bond donors (Lipinski definition) is 1. The van der Waals surface area contributed by atoms with Crippen LogP contribution in [0.4, 0.5) is 0 Å². The van der Waals surface area contributed by atoms with Gasteiger partial charge in [-0.3, -0.25) is 0 Å². The monoisotopic (exact) mass is 423 g/mol. The normalized spacial score (nSPS) is 10.9. The van der Waals surface area contributed by atoms with E-state index in [1.54, 1.807) is 0 Å². The van der Waals surface area contributed by atoms with Crippen molar-refractivity contribution >= 4 is 10.9 Å². The number of nitrogens with zero attached hydrogens (tertiary/aromatic N) is 4. The number of ether oxygens (including phenoxy) is 2. The van der Waals surface area contributed by atoms with E-state index in [9.17, 15) is 0 Å². The minimum absolute atomic E-state index is 0.300. The van der Waals surface area contributed by atoms with E-state index in [4.69, 9.17) is 9.47 Å². The summed E-state index contributed by atoms with van der Waals surface area (Å²) in [4.78, 5) is 4.65. The molecule has 7 heteroatoms. The number of aromatic nitrogens is 5. The van der Waals surface area contributed by atoms with Crippen molar-refractivity contribution < 1.29 is 9.47 Å². The van der Waals surface area contributed by atoms with Gasteiger partial charge in [0.2, 0.25) is 0 Å². The fraction of sp³-hybridized carbons (Fsp3) is 0.120. The molecule has 158 valence electrons. The molecule has 5 aromatic rings. The highest BCUT2D eigenvalue weighted by Gasteiger charge is 2.04. The van der Waals surface area contributed by atoms with Gasteiger partial charge >= 0.3 is 0 Å². The van der Waals surface area contributed by atoms with Crippen molar-refractivity contribution in [2.45, 2.75) is 19.6 Å². The highest BCUT2D eigenvalue weighted by atomic mass is 16.5. The molecule has 0 bridgehead atoms. The van der Waals surface area contributed by atoms with Gasteiger partial charge in [0.25, 0.3) is 0 Å². The molecule has 5 rings (SSSR count). The summed E-state index contributed by atoms with van der Waals surface area (Å²) in [6, 6.07) is 28.3. The third-order valence-electron chi connectivity index (χ3n) is 5.04. The number of H-pyrrole nitrogens is 1. The van der Waals surface area contributed by atoms with E-state index >= 15 is 0 Å². The second-order valence-electron chi connectivity index (χ2n) is 7.39. The molecule has 1 N–H and O–H groups in total. The second kappa shape index (κ2) is 9.26. The van der Waals surface area contributed by atoms with Gasteiger partial charge in [0.05, 0.1) is 11.2 Å². The van der Waals surface area contributed by atoms with Gasteiger partial charge in [0, 0.05) is 5.39 Å². The zero-order valence-corrected chi connectivity index (χ0v) is 17.3. The molecule has 0 amide bonds. The Bertz CT molecular complexity index is 1300. The average Bonchev–Trinajstić information content (AvgIpc) is 3.36. The number of fused-ring (bicyclic) bond motifs is 1. The lowest BCUT2D eigenvalue weighted by Gasteiger charge is -2.09. The lowest BCUT2D eigenvalue weighted by molar-refractivity contribution is 0.295. The standard InChI is InChI=1S/C25H21N5O2/c1-2-7-24-20(5-1)10-11-21(26-24)16-31-22-12-8-18(9-13-22)14-19-4-3-6-23(15-19)32-17-25-27-29-30-28-25/h1-13,15H,14,16-17H2,(H,27,28,29,30). The summed E-state index contributed by atoms with van der Waals surface area (Å²) in [5, 5.41) is 14.7. The lowest BCUT2D eigenvalue weighted by atomic mass is 10.0. The summed E-state index contributed by atoms with van der Waals surface area (Å²) in [5.41, 5.74) is 4.24. The van der Waals surface area contributed by atoms with E-state index in [0.717, 1.165) is 40.1 Å². The Morgan fingerprint density at radius 2 is 1.59 bits per heavy atom. The zero-order chi connectivity index (χ0) is 21.6. The molecular weight excluding hydrogens is 402 g/mol. The molecular formula is C25H21N5O2. The van der Waals surface area contributed by atoms with Crippen LogP contribution in [0.1, 0.15) is 22.6 Å². The summed E-state index contributed by atoms with van der Waals surface area (Å²) in [5.74, 6) is 2.19. The van der Waals surface area contributed by atoms with Crippen LogP contribution >= 0.6 is 0 Å². The highest BCUT2D eigenvalue weighted by molar-refractivity contribution is 5.78. The second-order valence-corrected chi connectivity index (χ2v) is 7.39. The smallest absolute Gasteiger partial charge is 0.186 e. The Morgan fingerprint density at radius 3 is 2.47 bits per heavy atom. The van der Waals surface area contributed by atoms with E-state index in [1.165, 1.54) is 5.56 Å². The number of pyridine rings is 1. The molecule has 7 nitrogen and oxygen atoms in total. The van der Waals surface area contributed by atoms with Gasteiger partial charge in [-0.05, 0) is 64.4 Å². The summed E-state index contributed by atoms with van der Waals surface area (Å²) < 4.78 is 11.7. The molecule has 0 fully saturated rings. The van der Waals surface area contributed by atoms with E-state index < -0.39 is 0 Å². The largest absolute Gasteiger partial charge is 0.487 e. The molecule has 0 spiro atoms. The first-order chi connectivity index (χ1) is 15.8. The Labute approximate surface area is 185 Å². The fourth-order valence-corrected chi connectivity index (χ4v) is 3.42. The van der Waals surface area contributed by atoms with Crippen LogP contribution in [0.25, 0.3) is 10.9 Å². The van der Waals surface area contributed by atoms with Crippen LogP contribution in [-0.2, 0) is 19.6 Å². The molecule has 0 aliphatic rings. The molecule has 0 radical (unpaired) electrons. The van der Waals surface area contributed by atoms with Crippen molar-refractivity contribution in [3.05, 3.63) is 108 Å². The van der Waals surface area contributed by atoms with Crippen molar-refractivity contribution in [2.24, 2.45) is 0 Å². The number of nitrogens with one attached hydrogen (secondary N) is 1. The summed E-state index contributed by atoms with van der Waals surface area (Å²) in [6.45, 7) is 0.735. The van der Waals surface area contributed by atoms with Gasteiger partial charge in [-0.2, -0.15) is 0 Å². The van der Waals surface area contributed by atoms with Gasteiger partial charge in [-0.1, -0.05) is 48.5 Å². The molecule has 0 saturated heterocycles. The fourth-order valence-electron chi connectivity index (χ4n) is 3.42. The van der Waals surface area contributed by atoms with E-state index in [1.807, 2.05) is 54.6 Å². The van der Waals surface area contributed by atoms with Gasteiger partial charge in [-0.15, -0.1) is 5.10 Å². The van der Waals surface area contributed by atoms with E-state index in [-0.39, 0.29) is 0 Å². The van der Waals surface area contributed by atoms with E-state index in [0.29, 0.717) is 19.0 Å². The maximum absolute atomic E-state index is 5.93.